The Morgan fingerprint density at radius 1 is 0.955 bits per heavy atom. The van der Waals surface area contributed by atoms with Crippen molar-refractivity contribution in [2.75, 3.05) is 0 Å². The fourth-order valence-electron chi connectivity index (χ4n) is 2.37. The lowest BCUT2D eigenvalue weighted by atomic mass is 10.1. The number of Topliss-reactive ketones (excluding diaryl/α,β-unsaturated/α-hetero) is 1. The molecule has 3 rings (SSSR count). The number of benzene rings is 2. The van der Waals surface area contributed by atoms with Gasteiger partial charge in [-0.3, -0.25) is 4.79 Å². The van der Waals surface area contributed by atoms with Crippen molar-refractivity contribution >= 4 is 16.7 Å². The van der Waals surface area contributed by atoms with E-state index in [1.165, 1.54) is 12.1 Å². The molecular weight excluding hydrogens is 291 g/mol. The molecule has 22 heavy (non-hydrogen) atoms. The van der Waals surface area contributed by atoms with E-state index in [0.29, 0.717) is 0 Å². The minimum absolute atomic E-state index is 0.0961. The summed E-state index contributed by atoms with van der Waals surface area (Å²) in [5.41, 5.74) is 0.434. The highest BCUT2D eigenvalue weighted by molar-refractivity contribution is 5.96. The molecule has 2 aromatic carbocycles. The number of halogens is 3. The number of hydrogen-bond acceptors (Lipinski definition) is 1. The van der Waals surface area contributed by atoms with Crippen molar-refractivity contribution in [3.05, 3.63) is 71.9 Å². The highest BCUT2D eigenvalue weighted by Crippen LogP contribution is 2.29. The van der Waals surface area contributed by atoms with Gasteiger partial charge in [-0.1, -0.05) is 30.3 Å². The molecule has 1 heterocycles. The average Bonchev–Trinajstić information content (AvgIpc) is 2.90. The summed E-state index contributed by atoms with van der Waals surface area (Å²) in [4.78, 5) is 12.2. The van der Waals surface area contributed by atoms with Gasteiger partial charge in [-0.2, -0.15) is 13.2 Å². The van der Waals surface area contributed by atoms with Gasteiger partial charge in [0, 0.05) is 17.3 Å². The van der Waals surface area contributed by atoms with E-state index in [1.807, 2.05) is 30.3 Å². The zero-order valence-corrected chi connectivity index (χ0v) is 11.5. The van der Waals surface area contributed by atoms with Crippen LogP contribution in [0.4, 0.5) is 13.2 Å². The van der Waals surface area contributed by atoms with Crippen LogP contribution in [0.15, 0.2) is 60.8 Å². The molecule has 0 unspecified atom stereocenters. The SMILES string of the molecule is O=C(Cn1ccc2ccccc21)c1ccc(C(F)(F)F)cc1. The maximum absolute atomic E-state index is 12.5. The van der Waals surface area contributed by atoms with Crippen LogP contribution in [0.1, 0.15) is 15.9 Å². The third kappa shape index (κ3) is 2.74. The van der Waals surface area contributed by atoms with E-state index in [9.17, 15) is 18.0 Å². The number of para-hydroxylation sites is 1. The number of alkyl halides is 3. The fraction of sp³-hybridized carbons (Fsp3) is 0.118. The molecule has 0 fully saturated rings. The van der Waals surface area contributed by atoms with Crippen LogP contribution in [0.25, 0.3) is 10.9 Å². The summed E-state index contributed by atoms with van der Waals surface area (Å²) < 4.78 is 39.3. The molecule has 0 amide bonds. The van der Waals surface area contributed by atoms with Crippen LogP contribution >= 0.6 is 0 Å². The number of nitrogens with zero attached hydrogens (tertiary/aromatic N) is 1. The van der Waals surface area contributed by atoms with Crippen LogP contribution in [-0.4, -0.2) is 10.4 Å². The van der Waals surface area contributed by atoms with Crippen LogP contribution in [0, 0.1) is 0 Å². The summed E-state index contributed by atoms with van der Waals surface area (Å²) in [7, 11) is 0. The van der Waals surface area contributed by atoms with E-state index in [2.05, 4.69) is 0 Å². The molecular formula is C17H12F3NO. The van der Waals surface area contributed by atoms with Gasteiger partial charge in [0.25, 0.3) is 0 Å². The lowest BCUT2D eigenvalue weighted by molar-refractivity contribution is -0.137. The van der Waals surface area contributed by atoms with Gasteiger partial charge in [-0.25, -0.2) is 0 Å². The van der Waals surface area contributed by atoms with Gasteiger partial charge in [0.2, 0.25) is 0 Å². The van der Waals surface area contributed by atoms with Gasteiger partial charge in [0.05, 0.1) is 12.1 Å². The molecule has 1 aromatic heterocycles. The average molecular weight is 303 g/mol. The summed E-state index contributed by atoms with van der Waals surface area (Å²) in [6.45, 7) is 0.0961. The zero-order chi connectivity index (χ0) is 15.7. The number of carbonyl (C=O) groups excluding carboxylic acids is 1. The van der Waals surface area contributed by atoms with Crippen LogP contribution in [0.3, 0.4) is 0 Å². The topological polar surface area (TPSA) is 22.0 Å². The highest BCUT2D eigenvalue weighted by atomic mass is 19.4. The lowest BCUT2D eigenvalue weighted by Gasteiger charge is -2.08. The van der Waals surface area contributed by atoms with Crippen molar-refractivity contribution in [3.63, 3.8) is 0 Å². The second-order valence-corrected chi connectivity index (χ2v) is 5.00. The zero-order valence-electron chi connectivity index (χ0n) is 11.5. The molecule has 0 N–H and O–H groups in total. The summed E-state index contributed by atoms with van der Waals surface area (Å²) in [5.74, 6) is -0.227. The van der Waals surface area contributed by atoms with Crippen LogP contribution < -0.4 is 0 Å². The second-order valence-electron chi connectivity index (χ2n) is 5.00. The predicted molar refractivity (Wildman–Crippen MR) is 77.7 cm³/mol. The van der Waals surface area contributed by atoms with Crippen molar-refractivity contribution in [1.29, 1.82) is 0 Å². The molecule has 0 atom stereocenters. The Bertz CT molecular complexity index is 816. The van der Waals surface area contributed by atoms with Gasteiger partial charge < -0.3 is 4.57 Å². The Hall–Kier alpha value is -2.56. The number of aromatic nitrogens is 1. The Balaban J connectivity index is 1.83. The molecule has 0 bridgehead atoms. The van der Waals surface area contributed by atoms with Gasteiger partial charge in [-0.05, 0) is 29.7 Å². The first-order valence-electron chi connectivity index (χ1n) is 6.69. The molecule has 0 aliphatic carbocycles. The molecule has 5 heteroatoms. The number of ketones is 1. The Kier molecular flexibility index (Phi) is 3.48. The van der Waals surface area contributed by atoms with Crippen molar-refractivity contribution in [2.24, 2.45) is 0 Å². The summed E-state index contributed by atoms with van der Waals surface area (Å²) in [6.07, 6.45) is -2.59. The first kappa shape index (κ1) is 14.4. The Labute approximate surface area is 124 Å². The molecule has 112 valence electrons. The van der Waals surface area contributed by atoms with Crippen LogP contribution in [0.2, 0.25) is 0 Å². The van der Waals surface area contributed by atoms with Crippen LogP contribution in [0.5, 0.6) is 0 Å². The van der Waals surface area contributed by atoms with Crippen molar-refractivity contribution < 1.29 is 18.0 Å². The standard InChI is InChI=1S/C17H12F3NO/c18-17(19,20)14-7-5-13(6-8-14)16(22)11-21-10-9-12-3-1-2-4-15(12)21/h1-10H,11H2. The van der Waals surface area contributed by atoms with Crippen molar-refractivity contribution in [2.45, 2.75) is 12.7 Å². The van der Waals surface area contributed by atoms with Gasteiger partial charge in [0.1, 0.15) is 0 Å². The normalized spacial score (nSPS) is 11.8. The second kappa shape index (κ2) is 5.33. The van der Waals surface area contributed by atoms with Gasteiger partial charge >= 0.3 is 6.18 Å². The fourth-order valence-corrected chi connectivity index (χ4v) is 2.37. The predicted octanol–water partition coefficient (Wildman–Crippen LogP) is 4.54. The maximum atomic E-state index is 12.5. The molecule has 0 spiro atoms. The lowest BCUT2D eigenvalue weighted by Crippen LogP contribution is -2.10. The highest BCUT2D eigenvalue weighted by Gasteiger charge is 2.30. The van der Waals surface area contributed by atoms with E-state index < -0.39 is 11.7 Å². The Morgan fingerprint density at radius 2 is 1.64 bits per heavy atom. The van der Waals surface area contributed by atoms with E-state index >= 15 is 0 Å². The van der Waals surface area contributed by atoms with Crippen molar-refractivity contribution in [3.8, 4) is 0 Å². The monoisotopic (exact) mass is 303 g/mol. The van der Waals surface area contributed by atoms with E-state index in [-0.39, 0.29) is 17.9 Å². The smallest absolute Gasteiger partial charge is 0.340 e. The number of rotatable bonds is 3. The van der Waals surface area contributed by atoms with E-state index in [4.69, 9.17) is 0 Å². The largest absolute Gasteiger partial charge is 0.416 e. The number of fused-ring (bicyclic) bond motifs is 1. The van der Waals surface area contributed by atoms with Crippen molar-refractivity contribution in [1.82, 2.24) is 4.57 Å². The van der Waals surface area contributed by atoms with E-state index in [1.54, 1.807) is 10.8 Å². The number of carbonyl (C=O) groups is 1. The molecule has 0 saturated carbocycles. The molecule has 0 aliphatic rings. The minimum atomic E-state index is -4.39. The van der Waals surface area contributed by atoms with Gasteiger partial charge in [-0.15, -0.1) is 0 Å². The minimum Gasteiger partial charge on any atom is -0.340 e. The molecule has 0 aliphatic heterocycles. The maximum Gasteiger partial charge on any atom is 0.416 e. The van der Waals surface area contributed by atoms with Crippen LogP contribution in [-0.2, 0) is 12.7 Å². The van der Waals surface area contributed by atoms with E-state index in [0.717, 1.165) is 23.0 Å². The summed E-state index contributed by atoms with van der Waals surface area (Å²) in [6, 6.07) is 13.8. The third-order valence-corrected chi connectivity index (χ3v) is 3.53. The third-order valence-electron chi connectivity index (χ3n) is 3.53. The Morgan fingerprint density at radius 3 is 2.32 bits per heavy atom. The van der Waals surface area contributed by atoms with Gasteiger partial charge in [0.15, 0.2) is 5.78 Å². The quantitative estimate of drug-likeness (QED) is 0.651. The first-order chi connectivity index (χ1) is 10.4. The summed E-state index contributed by atoms with van der Waals surface area (Å²) >= 11 is 0. The molecule has 0 saturated heterocycles. The first-order valence-corrected chi connectivity index (χ1v) is 6.69. The molecule has 3 aromatic rings. The summed E-state index contributed by atoms with van der Waals surface area (Å²) in [5, 5.41) is 1.02. The molecule has 2 nitrogen and oxygen atoms in total. The number of hydrogen-bond donors (Lipinski definition) is 0. The molecule has 0 radical (unpaired) electrons.